The number of hydrogen-bond donors (Lipinski definition) is 1. The van der Waals surface area contributed by atoms with E-state index in [9.17, 15) is 0 Å². The second kappa shape index (κ2) is 5.50. The van der Waals surface area contributed by atoms with Gasteiger partial charge in [-0.1, -0.05) is 18.2 Å². The fourth-order valence-electron chi connectivity index (χ4n) is 2.39. The van der Waals surface area contributed by atoms with Crippen LogP contribution in [0.2, 0.25) is 0 Å². The molecule has 2 heterocycles. The molecule has 2 N–H and O–H groups in total. The SMILES string of the molecule is NC1CCN(Cc2cnn(-c3ccccc3)n2)CC1. The zero-order valence-electron chi connectivity index (χ0n) is 10.9. The lowest BCUT2D eigenvalue weighted by atomic mass is 10.1. The minimum atomic E-state index is 0.372. The zero-order valence-corrected chi connectivity index (χ0v) is 10.9. The molecule has 0 unspecified atom stereocenters. The van der Waals surface area contributed by atoms with Crippen LogP contribution in [0.5, 0.6) is 0 Å². The minimum absolute atomic E-state index is 0.372. The predicted octanol–water partition coefficient (Wildman–Crippen LogP) is 1.19. The quantitative estimate of drug-likeness (QED) is 0.897. The molecule has 2 aromatic rings. The average Bonchev–Trinajstić information content (AvgIpc) is 2.91. The number of nitrogens with zero attached hydrogens (tertiary/aromatic N) is 4. The highest BCUT2D eigenvalue weighted by Crippen LogP contribution is 2.11. The third kappa shape index (κ3) is 3.00. The van der Waals surface area contributed by atoms with Crippen molar-refractivity contribution in [3.05, 3.63) is 42.2 Å². The molecule has 1 aliphatic rings. The van der Waals surface area contributed by atoms with Gasteiger partial charge in [-0.05, 0) is 25.0 Å². The van der Waals surface area contributed by atoms with Crippen molar-refractivity contribution >= 4 is 0 Å². The van der Waals surface area contributed by atoms with E-state index in [0.717, 1.165) is 43.9 Å². The van der Waals surface area contributed by atoms with Crippen LogP contribution in [0.25, 0.3) is 5.69 Å². The first kappa shape index (κ1) is 12.3. The van der Waals surface area contributed by atoms with Gasteiger partial charge in [0.15, 0.2) is 0 Å². The number of hydrogen-bond acceptors (Lipinski definition) is 4. The molecule has 3 rings (SSSR count). The Kier molecular flexibility index (Phi) is 3.57. The number of nitrogens with two attached hydrogens (primary N) is 1. The third-order valence-corrected chi connectivity index (χ3v) is 3.54. The average molecular weight is 257 g/mol. The Morgan fingerprint density at radius 1 is 1.16 bits per heavy atom. The van der Waals surface area contributed by atoms with Crippen LogP contribution in [0.3, 0.4) is 0 Å². The highest BCUT2D eigenvalue weighted by atomic mass is 15.5. The maximum atomic E-state index is 5.91. The van der Waals surface area contributed by atoms with Gasteiger partial charge in [0.1, 0.15) is 0 Å². The number of piperidine rings is 1. The largest absolute Gasteiger partial charge is 0.328 e. The van der Waals surface area contributed by atoms with Gasteiger partial charge in [-0.15, -0.1) is 0 Å². The molecule has 0 spiro atoms. The minimum Gasteiger partial charge on any atom is -0.328 e. The summed E-state index contributed by atoms with van der Waals surface area (Å²) in [5.41, 5.74) is 7.92. The van der Waals surface area contributed by atoms with Crippen LogP contribution in [-0.2, 0) is 6.54 Å². The molecule has 0 aliphatic carbocycles. The van der Waals surface area contributed by atoms with E-state index in [2.05, 4.69) is 15.1 Å². The summed E-state index contributed by atoms with van der Waals surface area (Å²) in [4.78, 5) is 4.08. The van der Waals surface area contributed by atoms with Gasteiger partial charge in [0.05, 0.1) is 17.6 Å². The van der Waals surface area contributed by atoms with Crippen molar-refractivity contribution in [2.75, 3.05) is 13.1 Å². The first-order valence-corrected chi connectivity index (χ1v) is 6.76. The van der Waals surface area contributed by atoms with E-state index < -0.39 is 0 Å². The van der Waals surface area contributed by atoms with Crippen LogP contribution in [0.4, 0.5) is 0 Å². The smallest absolute Gasteiger partial charge is 0.0971 e. The van der Waals surface area contributed by atoms with Crippen molar-refractivity contribution in [2.45, 2.75) is 25.4 Å². The number of benzene rings is 1. The summed E-state index contributed by atoms with van der Waals surface area (Å²) in [7, 11) is 0. The topological polar surface area (TPSA) is 60.0 Å². The molecule has 1 aromatic carbocycles. The van der Waals surface area contributed by atoms with Gasteiger partial charge in [-0.25, -0.2) is 0 Å². The maximum absolute atomic E-state index is 5.91. The van der Waals surface area contributed by atoms with E-state index in [0.29, 0.717) is 6.04 Å². The summed E-state index contributed by atoms with van der Waals surface area (Å²) in [6.07, 6.45) is 4.00. The lowest BCUT2D eigenvalue weighted by Gasteiger charge is -2.29. The highest BCUT2D eigenvalue weighted by Gasteiger charge is 2.17. The molecule has 0 saturated carbocycles. The molecule has 1 aromatic heterocycles. The first-order chi connectivity index (χ1) is 9.31. The summed E-state index contributed by atoms with van der Waals surface area (Å²) in [5.74, 6) is 0. The molecule has 0 amide bonds. The van der Waals surface area contributed by atoms with E-state index in [-0.39, 0.29) is 0 Å². The van der Waals surface area contributed by atoms with Gasteiger partial charge < -0.3 is 5.73 Å². The van der Waals surface area contributed by atoms with Crippen molar-refractivity contribution in [2.24, 2.45) is 5.73 Å². The van der Waals surface area contributed by atoms with E-state index >= 15 is 0 Å². The molecule has 0 bridgehead atoms. The van der Waals surface area contributed by atoms with Crippen LogP contribution in [0, 0.1) is 0 Å². The zero-order chi connectivity index (χ0) is 13.1. The van der Waals surface area contributed by atoms with E-state index in [1.54, 1.807) is 4.80 Å². The summed E-state index contributed by atoms with van der Waals surface area (Å²) in [5, 5.41) is 8.85. The monoisotopic (exact) mass is 257 g/mol. The van der Waals surface area contributed by atoms with Gasteiger partial charge in [0.25, 0.3) is 0 Å². The highest BCUT2D eigenvalue weighted by molar-refractivity contribution is 5.28. The van der Waals surface area contributed by atoms with Crippen molar-refractivity contribution in [1.82, 2.24) is 19.9 Å². The predicted molar refractivity (Wildman–Crippen MR) is 73.8 cm³/mol. The Bertz CT molecular complexity index is 514. The molecule has 1 saturated heterocycles. The second-order valence-corrected chi connectivity index (χ2v) is 5.07. The molecule has 5 heteroatoms. The van der Waals surface area contributed by atoms with Gasteiger partial charge >= 0.3 is 0 Å². The third-order valence-electron chi connectivity index (χ3n) is 3.54. The fraction of sp³-hybridized carbons (Fsp3) is 0.429. The van der Waals surface area contributed by atoms with Gasteiger partial charge in [-0.2, -0.15) is 15.0 Å². The van der Waals surface area contributed by atoms with Crippen molar-refractivity contribution in [3.8, 4) is 5.69 Å². The number of rotatable bonds is 3. The van der Waals surface area contributed by atoms with Crippen molar-refractivity contribution in [3.63, 3.8) is 0 Å². The Balaban J connectivity index is 1.65. The summed E-state index contributed by atoms with van der Waals surface area (Å²) in [6.45, 7) is 2.97. The van der Waals surface area contributed by atoms with E-state index in [1.807, 2.05) is 36.5 Å². The Labute approximate surface area is 113 Å². The van der Waals surface area contributed by atoms with Gasteiger partial charge in [0.2, 0.25) is 0 Å². The maximum Gasteiger partial charge on any atom is 0.0971 e. The Morgan fingerprint density at radius 2 is 1.89 bits per heavy atom. The normalized spacial score (nSPS) is 17.7. The van der Waals surface area contributed by atoms with Crippen LogP contribution < -0.4 is 5.73 Å². The van der Waals surface area contributed by atoms with Crippen molar-refractivity contribution in [1.29, 1.82) is 0 Å². The lowest BCUT2D eigenvalue weighted by Crippen LogP contribution is -2.39. The molecule has 0 radical (unpaired) electrons. The van der Waals surface area contributed by atoms with Crippen molar-refractivity contribution < 1.29 is 0 Å². The first-order valence-electron chi connectivity index (χ1n) is 6.76. The van der Waals surface area contributed by atoms with Crippen LogP contribution in [0.1, 0.15) is 18.5 Å². The second-order valence-electron chi connectivity index (χ2n) is 5.07. The fourth-order valence-corrected chi connectivity index (χ4v) is 2.39. The molecule has 100 valence electrons. The van der Waals surface area contributed by atoms with Crippen LogP contribution in [-0.4, -0.2) is 39.0 Å². The molecular weight excluding hydrogens is 238 g/mol. The Hall–Kier alpha value is -1.72. The summed E-state index contributed by atoms with van der Waals surface area (Å²) >= 11 is 0. The molecule has 5 nitrogen and oxygen atoms in total. The number of para-hydroxylation sites is 1. The van der Waals surface area contributed by atoms with Gasteiger partial charge in [0, 0.05) is 25.7 Å². The molecular formula is C14H19N5. The van der Waals surface area contributed by atoms with E-state index in [4.69, 9.17) is 5.73 Å². The summed E-state index contributed by atoms with van der Waals surface area (Å²) < 4.78 is 0. The molecule has 19 heavy (non-hydrogen) atoms. The molecule has 1 fully saturated rings. The molecule has 1 aliphatic heterocycles. The Morgan fingerprint density at radius 3 is 2.63 bits per heavy atom. The van der Waals surface area contributed by atoms with Gasteiger partial charge in [-0.3, -0.25) is 4.90 Å². The molecule has 0 atom stereocenters. The number of aromatic nitrogens is 3. The summed E-state index contributed by atoms with van der Waals surface area (Å²) in [6, 6.07) is 10.4. The lowest BCUT2D eigenvalue weighted by molar-refractivity contribution is 0.203. The van der Waals surface area contributed by atoms with Crippen LogP contribution in [0.15, 0.2) is 36.5 Å². The number of likely N-dealkylation sites (tertiary alicyclic amines) is 1. The van der Waals surface area contributed by atoms with E-state index in [1.165, 1.54) is 0 Å². The standard InChI is InChI=1S/C14H19N5/c15-12-6-8-18(9-7-12)11-13-10-16-19(17-13)14-4-2-1-3-5-14/h1-5,10,12H,6-9,11,15H2. The van der Waals surface area contributed by atoms with Crippen LogP contribution >= 0.6 is 0 Å².